The van der Waals surface area contributed by atoms with E-state index in [0.717, 1.165) is 11.8 Å². The second kappa shape index (κ2) is 9.37. The second-order valence-electron chi connectivity index (χ2n) is 5.32. The molecule has 2 aromatic heterocycles. The molecule has 0 unspecified atom stereocenters. The zero-order chi connectivity index (χ0) is 19.9. The van der Waals surface area contributed by atoms with Crippen LogP contribution in [0.4, 0.5) is 9.52 Å². The number of carbonyl (C=O) groups is 2. The number of thiazole rings is 1. The van der Waals surface area contributed by atoms with Gasteiger partial charge in [-0.1, -0.05) is 17.8 Å². The molecule has 0 fully saturated rings. The lowest BCUT2D eigenvalue weighted by Gasteiger charge is -2.04. The number of nitrogens with one attached hydrogen (secondary N) is 1. The summed E-state index contributed by atoms with van der Waals surface area (Å²) in [6.45, 7) is 2.03. The molecule has 0 aliphatic rings. The lowest BCUT2D eigenvalue weighted by Crippen LogP contribution is -2.15. The van der Waals surface area contributed by atoms with Crippen molar-refractivity contribution >= 4 is 40.1 Å². The zero-order valence-corrected chi connectivity index (χ0v) is 16.3. The Kier molecular flexibility index (Phi) is 6.66. The molecule has 0 aliphatic heterocycles. The number of benzene rings is 1. The van der Waals surface area contributed by atoms with Gasteiger partial charge in [-0.3, -0.25) is 9.59 Å². The first-order valence-electron chi connectivity index (χ1n) is 8.12. The van der Waals surface area contributed by atoms with E-state index < -0.39 is 5.82 Å². The number of carbonyl (C=O) groups excluding carboxylic acids is 2. The first kappa shape index (κ1) is 19.9. The number of amides is 1. The monoisotopic (exact) mass is 422 g/mol. The summed E-state index contributed by atoms with van der Waals surface area (Å²) in [5.74, 6) is -1.06. The highest BCUT2D eigenvalue weighted by Gasteiger charge is 2.14. The molecule has 0 saturated heterocycles. The Morgan fingerprint density at radius 1 is 1.39 bits per heavy atom. The van der Waals surface area contributed by atoms with E-state index >= 15 is 0 Å². The van der Waals surface area contributed by atoms with E-state index in [1.54, 1.807) is 24.4 Å². The van der Waals surface area contributed by atoms with E-state index in [1.807, 2.05) is 0 Å². The van der Waals surface area contributed by atoms with Crippen molar-refractivity contribution in [3.05, 3.63) is 41.2 Å². The number of halogens is 1. The molecule has 2 heterocycles. The summed E-state index contributed by atoms with van der Waals surface area (Å²) < 4.78 is 19.6. The van der Waals surface area contributed by atoms with Crippen LogP contribution < -0.4 is 5.32 Å². The van der Waals surface area contributed by atoms with Crippen molar-refractivity contribution in [3.63, 3.8) is 0 Å². The van der Waals surface area contributed by atoms with Gasteiger partial charge in [0.1, 0.15) is 5.82 Å². The maximum Gasteiger partial charge on any atom is 0.311 e. The third-order valence-electron chi connectivity index (χ3n) is 3.25. The topological polar surface area (TPSA) is 112 Å². The van der Waals surface area contributed by atoms with Crippen LogP contribution in [0.3, 0.4) is 0 Å². The molecule has 0 saturated carbocycles. The van der Waals surface area contributed by atoms with Crippen LogP contribution in [0.5, 0.6) is 0 Å². The maximum absolute atomic E-state index is 13.4. The van der Waals surface area contributed by atoms with Crippen LogP contribution in [0.15, 0.2) is 34.8 Å². The third-order valence-corrected chi connectivity index (χ3v) is 4.98. The van der Waals surface area contributed by atoms with Gasteiger partial charge in [-0.25, -0.2) is 9.37 Å². The van der Waals surface area contributed by atoms with Gasteiger partial charge in [0.15, 0.2) is 5.13 Å². The number of thioether (sulfide) groups is 1. The van der Waals surface area contributed by atoms with Crippen molar-refractivity contribution in [2.24, 2.45) is 0 Å². The van der Waals surface area contributed by atoms with Gasteiger partial charge in [-0.05, 0) is 35.5 Å². The van der Waals surface area contributed by atoms with Crippen LogP contribution in [0.1, 0.15) is 12.6 Å². The Labute approximate surface area is 167 Å². The fourth-order valence-electron chi connectivity index (χ4n) is 2.13. The molecule has 1 N–H and O–H groups in total. The van der Waals surface area contributed by atoms with Gasteiger partial charge in [-0.2, -0.15) is 4.68 Å². The summed E-state index contributed by atoms with van der Waals surface area (Å²) in [4.78, 5) is 27.8. The fraction of sp³-hybridized carbons (Fsp3) is 0.250. The molecule has 1 amide bonds. The number of nitrogens with zero attached hydrogens (tertiary/aromatic N) is 5. The molecule has 0 aliphatic carbocycles. The first-order chi connectivity index (χ1) is 13.5. The summed E-state index contributed by atoms with van der Waals surface area (Å²) in [6, 6.07) is 5.81. The molecule has 1 aromatic carbocycles. The van der Waals surface area contributed by atoms with Crippen LogP contribution >= 0.6 is 23.1 Å². The number of hydrogen-bond donors (Lipinski definition) is 1. The first-order valence-corrected chi connectivity index (χ1v) is 9.98. The summed E-state index contributed by atoms with van der Waals surface area (Å²) in [6.07, 6.45) is 0.0529. The molecule has 9 nitrogen and oxygen atoms in total. The van der Waals surface area contributed by atoms with Crippen molar-refractivity contribution in [2.45, 2.75) is 18.5 Å². The molecular weight excluding hydrogens is 407 g/mol. The largest absolute Gasteiger partial charge is 0.466 e. The Balaban J connectivity index is 1.55. The number of anilines is 1. The van der Waals surface area contributed by atoms with Crippen LogP contribution in [-0.2, 0) is 20.7 Å². The summed E-state index contributed by atoms with van der Waals surface area (Å²) in [5.41, 5.74) is 0.984. The van der Waals surface area contributed by atoms with Crippen LogP contribution in [0.25, 0.3) is 5.69 Å². The predicted octanol–water partition coefficient (Wildman–Crippen LogP) is 2.09. The minimum Gasteiger partial charge on any atom is -0.466 e. The average molecular weight is 422 g/mol. The second-order valence-corrected chi connectivity index (χ2v) is 7.12. The maximum atomic E-state index is 13.4. The molecule has 0 bridgehead atoms. The lowest BCUT2D eigenvalue weighted by atomic mass is 10.3. The van der Waals surface area contributed by atoms with E-state index in [2.05, 4.69) is 25.8 Å². The Morgan fingerprint density at radius 3 is 3.04 bits per heavy atom. The normalized spacial score (nSPS) is 10.6. The Hall–Kier alpha value is -2.86. The van der Waals surface area contributed by atoms with Crippen molar-refractivity contribution in [3.8, 4) is 5.69 Å². The smallest absolute Gasteiger partial charge is 0.311 e. The molecule has 146 valence electrons. The lowest BCUT2D eigenvalue weighted by molar-refractivity contribution is -0.142. The van der Waals surface area contributed by atoms with Gasteiger partial charge < -0.3 is 10.1 Å². The van der Waals surface area contributed by atoms with E-state index in [1.165, 1.54) is 28.2 Å². The van der Waals surface area contributed by atoms with Crippen LogP contribution in [0, 0.1) is 5.82 Å². The molecule has 12 heteroatoms. The SMILES string of the molecule is CCOC(=O)Cc1csc(NC(=O)CSc2nnnn2-c2cccc(F)c2)n1. The van der Waals surface area contributed by atoms with E-state index in [4.69, 9.17) is 4.74 Å². The van der Waals surface area contributed by atoms with Gasteiger partial charge in [0.2, 0.25) is 11.1 Å². The standard InChI is InChI=1S/C16H15FN6O3S2/c1-2-26-14(25)7-11-8-27-15(18-11)19-13(24)9-28-16-20-21-22-23(16)12-5-3-4-10(17)6-12/h3-6,8H,2,7,9H2,1H3,(H,18,19,24). The van der Waals surface area contributed by atoms with Crippen molar-refractivity contribution in [2.75, 3.05) is 17.7 Å². The van der Waals surface area contributed by atoms with Crippen molar-refractivity contribution in [1.29, 1.82) is 0 Å². The van der Waals surface area contributed by atoms with Gasteiger partial charge in [0, 0.05) is 5.38 Å². The quantitative estimate of drug-likeness (QED) is 0.434. The number of ether oxygens (including phenoxy) is 1. The van der Waals surface area contributed by atoms with E-state index in [0.29, 0.717) is 28.3 Å². The number of tetrazole rings is 1. The van der Waals surface area contributed by atoms with E-state index in [-0.39, 0.29) is 24.1 Å². The average Bonchev–Trinajstić information content (AvgIpc) is 3.29. The van der Waals surface area contributed by atoms with Crippen LogP contribution in [-0.4, -0.2) is 49.4 Å². The van der Waals surface area contributed by atoms with Crippen LogP contribution in [0.2, 0.25) is 0 Å². The predicted molar refractivity (Wildman–Crippen MR) is 101 cm³/mol. The molecule has 3 rings (SSSR count). The molecule has 28 heavy (non-hydrogen) atoms. The molecular formula is C16H15FN6O3S2. The Bertz CT molecular complexity index is 977. The van der Waals surface area contributed by atoms with Crippen molar-refractivity contribution in [1.82, 2.24) is 25.2 Å². The van der Waals surface area contributed by atoms with Crippen molar-refractivity contribution < 1.29 is 18.7 Å². The minimum atomic E-state index is -0.413. The highest BCUT2D eigenvalue weighted by molar-refractivity contribution is 7.99. The van der Waals surface area contributed by atoms with Gasteiger partial charge >= 0.3 is 5.97 Å². The number of aromatic nitrogens is 5. The molecule has 0 spiro atoms. The third kappa shape index (κ3) is 5.33. The highest BCUT2D eigenvalue weighted by atomic mass is 32.2. The summed E-state index contributed by atoms with van der Waals surface area (Å²) >= 11 is 2.32. The number of hydrogen-bond acceptors (Lipinski definition) is 9. The number of esters is 1. The van der Waals surface area contributed by atoms with E-state index in [9.17, 15) is 14.0 Å². The molecule has 0 atom stereocenters. The van der Waals surface area contributed by atoms with Gasteiger partial charge in [-0.15, -0.1) is 16.4 Å². The molecule has 0 radical (unpaired) electrons. The zero-order valence-electron chi connectivity index (χ0n) is 14.7. The van der Waals surface area contributed by atoms with Gasteiger partial charge in [0.25, 0.3) is 0 Å². The minimum absolute atomic E-state index is 0.0302. The van der Waals surface area contributed by atoms with Gasteiger partial charge in [0.05, 0.1) is 30.2 Å². The summed E-state index contributed by atoms with van der Waals surface area (Å²) in [7, 11) is 0. The number of rotatable bonds is 8. The highest BCUT2D eigenvalue weighted by Crippen LogP contribution is 2.20. The fourth-order valence-corrected chi connectivity index (χ4v) is 3.55. The Morgan fingerprint density at radius 2 is 2.25 bits per heavy atom. The molecule has 3 aromatic rings. The summed E-state index contributed by atoms with van der Waals surface area (Å²) in [5, 5.41) is 16.3.